The minimum atomic E-state index is -0.485. The van der Waals surface area contributed by atoms with E-state index in [4.69, 9.17) is 0 Å². The lowest BCUT2D eigenvalue weighted by Crippen LogP contribution is -2.31. The minimum absolute atomic E-state index is 0.159. The number of piperidine rings is 1. The molecule has 1 aromatic carbocycles. The topological polar surface area (TPSA) is 101 Å². The molecular weight excluding hydrogens is 397 g/mol. The van der Waals surface area contributed by atoms with Crippen molar-refractivity contribution in [3.05, 3.63) is 59.6 Å². The number of nitriles is 1. The van der Waals surface area contributed by atoms with Crippen molar-refractivity contribution in [1.29, 1.82) is 5.26 Å². The predicted octanol–water partition coefficient (Wildman–Crippen LogP) is 2.28. The lowest BCUT2D eigenvalue weighted by molar-refractivity contribution is 0.212. The van der Waals surface area contributed by atoms with E-state index in [0.29, 0.717) is 35.1 Å². The van der Waals surface area contributed by atoms with Crippen LogP contribution in [0.1, 0.15) is 35.8 Å². The molecule has 31 heavy (non-hydrogen) atoms. The van der Waals surface area contributed by atoms with Crippen molar-refractivity contribution in [3.63, 3.8) is 0 Å². The molecular formula is C21H20FN9. The van der Waals surface area contributed by atoms with Crippen molar-refractivity contribution in [2.24, 2.45) is 0 Å². The Balaban J connectivity index is 1.42. The number of benzene rings is 1. The highest BCUT2D eigenvalue weighted by atomic mass is 19.1. The van der Waals surface area contributed by atoms with Crippen molar-refractivity contribution < 1.29 is 4.39 Å². The fourth-order valence-electron chi connectivity index (χ4n) is 3.90. The van der Waals surface area contributed by atoms with Gasteiger partial charge in [-0.1, -0.05) is 5.21 Å². The lowest BCUT2D eigenvalue weighted by atomic mass is 10.1. The average molecular weight is 417 g/mol. The zero-order chi connectivity index (χ0) is 21.4. The summed E-state index contributed by atoms with van der Waals surface area (Å²) in [5.74, 6) is 0.112. The van der Waals surface area contributed by atoms with Crippen LogP contribution in [0.5, 0.6) is 0 Å². The Morgan fingerprint density at radius 3 is 2.87 bits per heavy atom. The summed E-state index contributed by atoms with van der Waals surface area (Å²) in [4.78, 5) is 11.4. The zero-order valence-corrected chi connectivity index (χ0v) is 17.0. The number of hydrogen-bond donors (Lipinski definition) is 0. The summed E-state index contributed by atoms with van der Waals surface area (Å²) in [5.41, 5.74) is 2.57. The molecule has 156 valence electrons. The van der Waals surface area contributed by atoms with Gasteiger partial charge in [-0.05, 0) is 56.7 Å². The van der Waals surface area contributed by atoms with Crippen LogP contribution < -0.4 is 0 Å². The third-order valence-electron chi connectivity index (χ3n) is 5.63. The highest BCUT2D eigenvalue weighted by Gasteiger charge is 2.19. The molecule has 0 spiro atoms. The number of fused-ring (bicyclic) bond motifs is 1. The molecule has 0 N–H and O–H groups in total. The molecule has 4 aromatic rings. The molecule has 4 heterocycles. The number of likely N-dealkylation sites (tertiary alicyclic amines) is 1. The van der Waals surface area contributed by atoms with Crippen LogP contribution in [0.3, 0.4) is 0 Å². The molecule has 9 nitrogen and oxygen atoms in total. The van der Waals surface area contributed by atoms with E-state index in [2.05, 4.69) is 43.5 Å². The normalized spacial score (nSPS) is 15.4. The van der Waals surface area contributed by atoms with Crippen LogP contribution in [0, 0.1) is 17.1 Å². The maximum absolute atomic E-state index is 13.5. The van der Waals surface area contributed by atoms with Gasteiger partial charge in [-0.25, -0.2) is 14.4 Å². The molecule has 10 heteroatoms. The van der Waals surface area contributed by atoms with Gasteiger partial charge in [0.15, 0.2) is 11.2 Å². The van der Waals surface area contributed by atoms with Crippen molar-refractivity contribution in [2.75, 3.05) is 20.1 Å². The Labute approximate surface area is 177 Å². The van der Waals surface area contributed by atoms with Crippen molar-refractivity contribution in [3.8, 4) is 11.8 Å². The summed E-state index contributed by atoms with van der Waals surface area (Å²) in [6, 6.07) is 6.36. The minimum Gasteiger partial charge on any atom is -0.306 e. The number of nitrogens with zero attached hydrogens (tertiary/aromatic N) is 9. The highest BCUT2D eigenvalue weighted by Crippen LogP contribution is 2.22. The van der Waals surface area contributed by atoms with E-state index in [1.54, 1.807) is 6.20 Å². The summed E-state index contributed by atoms with van der Waals surface area (Å²) >= 11 is 0. The first-order chi connectivity index (χ1) is 15.1. The predicted molar refractivity (Wildman–Crippen MR) is 110 cm³/mol. The summed E-state index contributed by atoms with van der Waals surface area (Å²) in [6.45, 7) is 2.15. The zero-order valence-electron chi connectivity index (χ0n) is 17.0. The van der Waals surface area contributed by atoms with Gasteiger partial charge >= 0.3 is 0 Å². The molecule has 1 aliphatic heterocycles. The van der Waals surface area contributed by atoms with Crippen molar-refractivity contribution in [1.82, 2.24) is 39.6 Å². The fourth-order valence-corrected chi connectivity index (χ4v) is 3.90. The van der Waals surface area contributed by atoms with Gasteiger partial charge in [-0.3, -0.25) is 4.68 Å². The Bertz CT molecular complexity index is 1280. The lowest BCUT2D eigenvalue weighted by Gasteiger charge is -2.28. The van der Waals surface area contributed by atoms with Crippen LogP contribution in [-0.2, 0) is 6.42 Å². The molecule has 0 unspecified atom stereocenters. The van der Waals surface area contributed by atoms with Gasteiger partial charge in [0.1, 0.15) is 17.7 Å². The first kappa shape index (κ1) is 19.3. The van der Waals surface area contributed by atoms with E-state index in [1.165, 1.54) is 22.9 Å². The number of halogens is 1. The van der Waals surface area contributed by atoms with Crippen molar-refractivity contribution >= 4 is 11.2 Å². The third-order valence-corrected chi connectivity index (χ3v) is 5.63. The van der Waals surface area contributed by atoms with Gasteiger partial charge in [0.25, 0.3) is 0 Å². The van der Waals surface area contributed by atoms with Gasteiger partial charge in [0.2, 0.25) is 0 Å². The van der Waals surface area contributed by atoms with Crippen LogP contribution in [0.25, 0.3) is 16.9 Å². The van der Waals surface area contributed by atoms with E-state index < -0.39 is 5.82 Å². The molecule has 3 aromatic heterocycles. The van der Waals surface area contributed by atoms with E-state index in [0.717, 1.165) is 31.5 Å². The Morgan fingerprint density at radius 1 is 1.23 bits per heavy atom. The standard InChI is InChI=1S/C21H20FN9/c1-29-6-4-17(5-7-29)30-13-14(11-25-30)8-20-24-12-18-21(26-20)31(28-27-18)19-3-2-16(22)9-15(19)10-23/h2-3,9,11-13,17H,4-8H2,1H3. The van der Waals surface area contributed by atoms with Crippen LogP contribution in [0.2, 0.25) is 0 Å². The first-order valence-electron chi connectivity index (χ1n) is 10.1. The van der Waals surface area contributed by atoms with Crippen molar-refractivity contribution in [2.45, 2.75) is 25.3 Å². The maximum atomic E-state index is 13.5. The Kier molecular flexibility index (Phi) is 4.88. The van der Waals surface area contributed by atoms with Gasteiger partial charge in [-0.2, -0.15) is 15.0 Å². The largest absolute Gasteiger partial charge is 0.306 e. The summed E-state index contributed by atoms with van der Waals surface area (Å²) < 4.78 is 17.0. The molecule has 0 radical (unpaired) electrons. The van der Waals surface area contributed by atoms with E-state index in [1.807, 2.05) is 16.9 Å². The van der Waals surface area contributed by atoms with E-state index in [9.17, 15) is 9.65 Å². The Morgan fingerprint density at radius 2 is 2.06 bits per heavy atom. The molecule has 5 rings (SSSR count). The van der Waals surface area contributed by atoms with E-state index >= 15 is 0 Å². The maximum Gasteiger partial charge on any atom is 0.187 e. The summed E-state index contributed by atoms with van der Waals surface area (Å²) in [5, 5.41) is 22.1. The molecule has 1 aliphatic rings. The average Bonchev–Trinajstić information content (AvgIpc) is 3.41. The number of hydrogen-bond acceptors (Lipinski definition) is 7. The number of rotatable bonds is 4. The van der Waals surface area contributed by atoms with Crippen LogP contribution in [-0.4, -0.2) is 59.8 Å². The van der Waals surface area contributed by atoms with Gasteiger partial charge in [0, 0.05) is 12.6 Å². The monoisotopic (exact) mass is 417 g/mol. The first-order valence-corrected chi connectivity index (χ1v) is 10.1. The smallest absolute Gasteiger partial charge is 0.187 e. The summed E-state index contributed by atoms with van der Waals surface area (Å²) in [6.07, 6.45) is 8.22. The second-order valence-corrected chi connectivity index (χ2v) is 7.81. The molecule has 0 aliphatic carbocycles. The summed E-state index contributed by atoms with van der Waals surface area (Å²) in [7, 11) is 2.14. The molecule has 0 atom stereocenters. The molecule has 0 saturated carbocycles. The molecule has 1 fully saturated rings. The third kappa shape index (κ3) is 3.75. The van der Waals surface area contributed by atoms with E-state index in [-0.39, 0.29) is 5.56 Å². The Hall–Kier alpha value is -3.71. The van der Waals surface area contributed by atoms with Crippen LogP contribution in [0.4, 0.5) is 4.39 Å². The van der Waals surface area contributed by atoms with Gasteiger partial charge in [-0.15, -0.1) is 5.10 Å². The molecule has 0 bridgehead atoms. The molecule has 1 saturated heterocycles. The highest BCUT2D eigenvalue weighted by molar-refractivity contribution is 5.71. The number of aromatic nitrogens is 7. The van der Waals surface area contributed by atoms with Crippen LogP contribution in [0.15, 0.2) is 36.8 Å². The van der Waals surface area contributed by atoms with Crippen LogP contribution >= 0.6 is 0 Å². The van der Waals surface area contributed by atoms with Gasteiger partial charge < -0.3 is 4.90 Å². The quantitative estimate of drug-likeness (QED) is 0.502. The van der Waals surface area contributed by atoms with Gasteiger partial charge in [0.05, 0.1) is 29.7 Å². The fraction of sp³-hybridized carbons (Fsp3) is 0.333. The second kappa shape index (κ2) is 7.85. The molecule has 0 amide bonds. The second-order valence-electron chi connectivity index (χ2n) is 7.81. The SMILES string of the molecule is CN1CCC(n2cc(Cc3ncc4nnn(-c5ccc(F)cc5C#N)c4n3)cn2)CC1.